The Bertz CT molecular complexity index is 712. The Balaban J connectivity index is 1.63. The van der Waals surface area contributed by atoms with Crippen LogP contribution in [0.5, 0.6) is 0 Å². The molecular formula is C20H20FNO2. The second-order valence-corrected chi connectivity index (χ2v) is 6.21. The van der Waals surface area contributed by atoms with E-state index in [2.05, 4.69) is 0 Å². The average Bonchev–Trinajstić information content (AvgIpc) is 2.64. The largest absolute Gasteiger partial charge is 0.342 e. The number of carbonyl (C=O) groups is 2. The fraction of sp³-hybridized carbons (Fsp3) is 0.300. The lowest BCUT2D eigenvalue weighted by Crippen LogP contribution is -2.43. The number of Topliss-reactive ketones (excluding diaryl/α,β-unsaturated/α-hetero) is 1. The lowest BCUT2D eigenvalue weighted by molar-refractivity contribution is -0.131. The van der Waals surface area contributed by atoms with Gasteiger partial charge >= 0.3 is 0 Å². The summed E-state index contributed by atoms with van der Waals surface area (Å²) in [5.74, 6) is -0.349. The summed E-state index contributed by atoms with van der Waals surface area (Å²) in [6, 6.07) is 15.2. The minimum absolute atomic E-state index is 0.00725. The van der Waals surface area contributed by atoms with Crippen molar-refractivity contribution in [3.05, 3.63) is 71.5 Å². The zero-order valence-electron chi connectivity index (χ0n) is 13.5. The van der Waals surface area contributed by atoms with E-state index in [0.29, 0.717) is 18.7 Å². The Morgan fingerprint density at radius 3 is 2.46 bits per heavy atom. The molecule has 0 bridgehead atoms. The first-order chi connectivity index (χ1) is 11.6. The van der Waals surface area contributed by atoms with Gasteiger partial charge in [-0.2, -0.15) is 0 Å². The molecule has 4 heteroatoms. The van der Waals surface area contributed by atoms with Gasteiger partial charge in [-0.15, -0.1) is 0 Å². The van der Waals surface area contributed by atoms with Crippen molar-refractivity contribution in [2.45, 2.75) is 19.3 Å². The molecule has 3 rings (SSSR count). The maximum atomic E-state index is 12.9. The van der Waals surface area contributed by atoms with Gasteiger partial charge in [0.25, 0.3) is 0 Å². The Kier molecular flexibility index (Phi) is 5.04. The maximum Gasteiger partial charge on any atom is 0.227 e. The average molecular weight is 325 g/mol. The molecule has 0 aromatic heterocycles. The number of hydrogen-bond donors (Lipinski definition) is 0. The summed E-state index contributed by atoms with van der Waals surface area (Å²) < 4.78 is 12.9. The highest BCUT2D eigenvalue weighted by atomic mass is 19.1. The third-order valence-electron chi connectivity index (χ3n) is 4.47. The SMILES string of the molecule is O=C(c1ccccc1)C1CCCN(C(=O)Cc2ccc(F)cc2)C1. The molecule has 1 atom stereocenters. The molecule has 1 amide bonds. The summed E-state index contributed by atoms with van der Waals surface area (Å²) in [4.78, 5) is 26.8. The van der Waals surface area contributed by atoms with Crippen molar-refractivity contribution in [2.75, 3.05) is 13.1 Å². The number of likely N-dealkylation sites (tertiary alicyclic amines) is 1. The minimum Gasteiger partial charge on any atom is -0.342 e. The summed E-state index contributed by atoms with van der Waals surface area (Å²) in [7, 11) is 0. The van der Waals surface area contributed by atoms with Crippen LogP contribution in [0.1, 0.15) is 28.8 Å². The molecule has 1 unspecified atom stereocenters. The normalized spacial score (nSPS) is 17.5. The summed E-state index contributed by atoms with van der Waals surface area (Å²) >= 11 is 0. The molecule has 2 aromatic rings. The topological polar surface area (TPSA) is 37.4 Å². The molecule has 2 aromatic carbocycles. The Hall–Kier alpha value is -2.49. The van der Waals surface area contributed by atoms with Gasteiger partial charge in [0, 0.05) is 24.6 Å². The van der Waals surface area contributed by atoms with Crippen molar-refractivity contribution in [2.24, 2.45) is 5.92 Å². The summed E-state index contributed by atoms with van der Waals surface area (Å²) in [6.07, 6.45) is 1.89. The van der Waals surface area contributed by atoms with Crippen molar-refractivity contribution in [1.29, 1.82) is 0 Å². The van der Waals surface area contributed by atoms with E-state index in [0.717, 1.165) is 18.4 Å². The molecule has 0 N–H and O–H groups in total. The van der Waals surface area contributed by atoms with Crippen LogP contribution in [-0.2, 0) is 11.2 Å². The summed E-state index contributed by atoms with van der Waals surface area (Å²) in [5.41, 5.74) is 1.49. The number of rotatable bonds is 4. The molecule has 124 valence electrons. The molecule has 0 aliphatic carbocycles. The van der Waals surface area contributed by atoms with E-state index in [9.17, 15) is 14.0 Å². The highest BCUT2D eigenvalue weighted by Gasteiger charge is 2.28. The lowest BCUT2D eigenvalue weighted by Gasteiger charge is -2.32. The van der Waals surface area contributed by atoms with Gasteiger partial charge in [0.05, 0.1) is 6.42 Å². The fourth-order valence-corrected chi connectivity index (χ4v) is 3.14. The van der Waals surface area contributed by atoms with E-state index >= 15 is 0 Å². The van der Waals surface area contributed by atoms with E-state index in [-0.39, 0.29) is 29.8 Å². The smallest absolute Gasteiger partial charge is 0.227 e. The van der Waals surface area contributed by atoms with Crippen molar-refractivity contribution >= 4 is 11.7 Å². The van der Waals surface area contributed by atoms with Gasteiger partial charge in [-0.05, 0) is 30.5 Å². The van der Waals surface area contributed by atoms with E-state index in [1.807, 2.05) is 30.3 Å². The monoisotopic (exact) mass is 325 g/mol. The molecule has 3 nitrogen and oxygen atoms in total. The van der Waals surface area contributed by atoms with Crippen LogP contribution in [0.25, 0.3) is 0 Å². The third kappa shape index (κ3) is 3.88. The zero-order chi connectivity index (χ0) is 16.9. The van der Waals surface area contributed by atoms with Gasteiger partial charge in [0.15, 0.2) is 5.78 Å². The second-order valence-electron chi connectivity index (χ2n) is 6.21. The Morgan fingerprint density at radius 1 is 1.04 bits per heavy atom. The number of halogens is 1. The molecule has 0 radical (unpaired) electrons. The summed E-state index contributed by atoms with van der Waals surface area (Å²) in [6.45, 7) is 1.15. The number of piperidine rings is 1. The Labute approximate surface area is 141 Å². The minimum atomic E-state index is -0.308. The molecule has 1 saturated heterocycles. The quantitative estimate of drug-likeness (QED) is 0.807. The third-order valence-corrected chi connectivity index (χ3v) is 4.47. The molecule has 1 heterocycles. The predicted molar refractivity (Wildman–Crippen MR) is 90.2 cm³/mol. The number of nitrogens with zero attached hydrogens (tertiary/aromatic N) is 1. The van der Waals surface area contributed by atoms with Crippen LogP contribution in [-0.4, -0.2) is 29.7 Å². The molecular weight excluding hydrogens is 305 g/mol. The van der Waals surface area contributed by atoms with Crippen LogP contribution in [0.2, 0.25) is 0 Å². The molecule has 1 aliphatic rings. The lowest BCUT2D eigenvalue weighted by atomic mass is 9.90. The molecule has 0 saturated carbocycles. The van der Waals surface area contributed by atoms with Crippen molar-refractivity contribution in [3.8, 4) is 0 Å². The first kappa shape index (κ1) is 16.4. The van der Waals surface area contributed by atoms with E-state index in [1.54, 1.807) is 17.0 Å². The van der Waals surface area contributed by atoms with Gasteiger partial charge in [0.2, 0.25) is 5.91 Å². The number of carbonyl (C=O) groups excluding carboxylic acids is 2. The van der Waals surface area contributed by atoms with Crippen LogP contribution in [0.15, 0.2) is 54.6 Å². The number of amides is 1. The van der Waals surface area contributed by atoms with Crippen molar-refractivity contribution in [3.63, 3.8) is 0 Å². The first-order valence-corrected chi connectivity index (χ1v) is 8.25. The van der Waals surface area contributed by atoms with Gasteiger partial charge in [-0.25, -0.2) is 4.39 Å². The summed E-state index contributed by atoms with van der Waals surface area (Å²) in [5, 5.41) is 0. The molecule has 24 heavy (non-hydrogen) atoms. The van der Waals surface area contributed by atoms with Gasteiger partial charge < -0.3 is 4.90 Å². The van der Waals surface area contributed by atoms with Gasteiger partial charge in [-0.1, -0.05) is 42.5 Å². The van der Waals surface area contributed by atoms with E-state index in [1.165, 1.54) is 12.1 Å². The van der Waals surface area contributed by atoms with Crippen LogP contribution in [0.4, 0.5) is 4.39 Å². The molecule has 1 fully saturated rings. The van der Waals surface area contributed by atoms with Gasteiger partial charge in [0.1, 0.15) is 5.82 Å². The Morgan fingerprint density at radius 2 is 1.75 bits per heavy atom. The van der Waals surface area contributed by atoms with E-state index in [4.69, 9.17) is 0 Å². The van der Waals surface area contributed by atoms with Crippen LogP contribution < -0.4 is 0 Å². The van der Waals surface area contributed by atoms with Crippen LogP contribution in [0.3, 0.4) is 0 Å². The van der Waals surface area contributed by atoms with Crippen LogP contribution in [0, 0.1) is 11.7 Å². The van der Waals surface area contributed by atoms with Crippen molar-refractivity contribution in [1.82, 2.24) is 4.90 Å². The predicted octanol–water partition coefficient (Wildman–Crippen LogP) is 3.49. The highest BCUT2D eigenvalue weighted by molar-refractivity contribution is 5.98. The standard InChI is InChI=1S/C20H20FNO2/c21-18-10-8-15(9-11-18)13-19(23)22-12-4-7-17(14-22)20(24)16-5-2-1-3-6-16/h1-3,5-6,8-11,17H,4,7,12-14H2. The number of hydrogen-bond acceptors (Lipinski definition) is 2. The van der Waals surface area contributed by atoms with Crippen molar-refractivity contribution < 1.29 is 14.0 Å². The number of benzene rings is 2. The number of ketones is 1. The molecule has 1 aliphatic heterocycles. The second kappa shape index (κ2) is 7.39. The fourth-order valence-electron chi connectivity index (χ4n) is 3.14. The zero-order valence-corrected chi connectivity index (χ0v) is 13.5. The molecule has 0 spiro atoms. The van der Waals surface area contributed by atoms with Crippen LogP contribution >= 0.6 is 0 Å². The van der Waals surface area contributed by atoms with Gasteiger partial charge in [-0.3, -0.25) is 9.59 Å². The maximum absolute atomic E-state index is 12.9. The first-order valence-electron chi connectivity index (χ1n) is 8.25. The van der Waals surface area contributed by atoms with E-state index < -0.39 is 0 Å². The highest BCUT2D eigenvalue weighted by Crippen LogP contribution is 2.21.